The normalized spacial score (nSPS) is 15.9. The Morgan fingerprint density at radius 1 is 1.12 bits per heavy atom. The number of oxazole rings is 1. The maximum atomic E-state index is 14.2. The van der Waals surface area contributed by atoms with Gasteiger partial charge in [-0.2, -0.15) is 17.7 Å². The molecule has 1 atom stereocenters. The van der Waals surface area contributed by atoms with Gasteiger partial charge in [-0.15, -0.1) is 0 Å². The van der Waals surface area contributed by atoms with Gasteiger partial charge in [0.05, 0.1) is 24.3 Å². The Balaban J connectivity index is 1.69. The lowest BCUT2D eigenvalue weighted by atomic mass is 9.87. The minimum Gasteiger partial charge on any atom is -0.494 e. The lowest BCUT2D eigenvalue weighted by molar-refractivity contribution is -0.142. The van der Waals surface area contributed by atoms with Crippen LogP contribution in [0.2, 0.25) is 0 Å². The van der Waals surface area contributed by atoms with Gasteiger partial charge in [0, 0.05) is 0 Å². The van der Waals surface area contributed by atoms with E-state index in [1.807, 2.05) is 0 Å². The van der Waals surface area contributed by atoms with E-state index >= 15 is 0 Å². The molecule has 0 aliphatic heterocycles. The van der Waals surface area contributed by atoms with Gasteiger partial charge in [-0.05, 0) is 42.5 Å². The van der Waals surface area contributed by atoms with Crippen LogP contribution in [-0.4, -0.2) is 37.8 Å². The van der Waals surface area contributed by atoms with Crippen molar-refractivity contribution in [3.8, 4) is 28.3 Å². The monoisotopic (exact) mass is 550 g/mol. The summed E-state index contributed by atoms with van der Waals surface area (Å²) in [5, 5.41) is 11.7. The third kappa shape index (κ3) is 4.12. The van der Waals surface area contributed by atoms with Crippen molar-refractivity contribution in [2.24, 2.45) is 5.92 Å². The summed E-state index contributed by atoms with van der Waals surface area (Å²) in [6.07, 6.45) is -2.47. The van der Waals surface area contributed by atoms with Gasteiger partial charge in [0.25, 0.3) is 5.56 Å². The first-order valence-electron chi connectivity index (χ1n) is 12.3. The van der Waals surface area contributed by atoms with Crippen molar-refractivity contribution in [2.75, 3.05) is 7.11 Å². The van der Waals surface area contributed by atoms with Gasteiger partial charge in [-0.1, -0.05) is 42.5 Å². The Bertz CT molecular complexity index is 1870. The molecule has 9 nitrogen and oxygen atoms in total. The fourth-order valence-corrected chi connectivity index (χ4v) is 5.05. The van der Waals surface area contributed by atoms with E-state index in [1.54, 1.807) is 42.5 Å². The second-order valence-electron chi connectivity index (χ2n) is 9.39. The van der Waals surface area contributed by atoms with Gasteiger partial charge in [-0.3, -0.25) is 14.7 Å². The van der Waals surface area contributed by atoms with Crippen LogP contribution in [-0.2, 0) is 11.0 Å². The number of alkyl halides is 3. The fourth-order valence-electron chi connectivity index (χ4n) is 5.05. The standard InChI is InChI=1S/C28H21F3N4O5/c1-39-17-8-5-9-18-22(17)33-25(40-18)20-21(15-10-12-16(13-11-15)27(37)38)32-24-19(14-6-3-2-4-7-14)23(28(29,30)31)34-35(24)26(20)36/h2-10,16,34H,11-13H2,1H3,(H,37,38). The van der Waals surface area contributed by atoms with Crippen molar-refractivity contribution in [3.05, 3.63) is 76.3 Å². The number of fused-ring (bicyclic) bond motifs is 2. The molecule has 3 aromatic heterocycles. The van der Waals surface area contributed by atoms with E-state index in [4.69, 9.17) is 9.15 Å². The predicted octanol–water partition coefficient (Wildman–Crippen LogP) is 5.79. The second-order valence-corrected chi connectivity index (χ2v) is 9.39. The van der Waals surface area contributed by atoms with E-state index in [0.29, 0.717) is 22.4 Å². The first-order valence-corrected chi connectivity index (χ1v) is 12.3. The van der Waals surface area contributed by atoms with E-state index < -0.39 is 29.3 Å². The van der Waals surface area contributed by atoms with Crippen molar-refractivity contribution >= 4 is 28.3 Å². The van der Waals surface area contributed by atoms with Crippen LogP contribution in [0.25, 0.3) is 44.9 Å². The SMILES string of the molecule is COc1cccc2oc(-c3c(C4=CCC(C(=O)O)CC4)nc4c(-c5ccccc5)c(C(F)(F)F)[nH]n4c3=O)nc12. The molecule has 2 N–H and O–H groups in total. The van der Waals surface area contributed by atoms with E-state index in [0.717, 1.165) is 4.52 Å². The molecule has 0 spiro atoms. The van der Waals surface area contributed by atoms with Crippen LogP contribution in [0.3, 0.4) is 0 Å². The van der Waals surface area contributed by atoms with Gasteiger partial charge < -0.3 is 14.3 Å². The molecule has 0 amide bonds. The number of allylic oxidation sites excluding steroid dienone is 2. The van der Waals surface area contributed by atoms with Crippen LogP contribution >= 0.6 is 0 Å². The molecule has 6 rings (SSSR count). The van der Waals surface area contributed by atoms with Gasteiger partial charge in [0.15, 0.2) is 16.7 Å². The third-order valence-corrected chi connectivity index (χ3v) is 7.01. The minimum absolute atomic E-state index is 0.0873. The molecule has 0 bridgehead atoms. The largest absolute Gasteiger partial charge is 0.494 e. The zero-order chi connectivity index (χ0) is 28.2. The van der Waals surface area contributed by atoms with Crippen molar-refractivity contribution in [2.45, 2.75) is 25.4 Å². The molecular weight excluding hydrogens is 529 g/mol. The maximum absolute atomic E-state index is 14.2. The average molecular weight is 550 g/mol. The minimum atomic E-state index is -4.82. The van der Waals surface area contributed by atoms with Crippen LogP contribution in [0.1, 0.15) is 30.7 Å². The summed E-state index contributed by atoms with van der Waals surface area (Å²) in [6, 6.07) is 12.8. The molecule has 3 heterocycles. The number of hydrogen-bond acceptors (Lipinski definition) is 6. The summed E-state index contributed by atoms with van der Waals surface area (Å²) < 4.78 is 54.7. The molecule has 0 saturated heterocycles. The number of aromatic amines is 1. The number of H-pyrrole nitrogens is 1. The number of rotatable bonds is 5. The Morgan fingerprint density at radius 2 is 1.90 bits per heavy atom. The Morgan fingerprint density at radius 3 is 2.55 bits per heavy atom. The molecule has 12 heteroatoms. The first-order chi connectivity index (χ1) is 19.2. The van der Waals surface area contributed by atoms with Crippen molar-refractivity contribution < 1.29 is 32.2 Å². The van der Waals surface area contributed by atoms with Crippen LogP contribution in [0.5, 0.6) is 5.75 Å². The number of carbonyl (C=O) groups is 1. The maximum Gasteiger partial charge on any atom is 0.433 e. The van der Waals surface area contributed by atoms with Gasteiger partial charge >= 0.3 is 12.1 Å². The average Bonchev–Trinajstić information content (AvgIpc) is 3.55. The lowest BCUT2D eigenvalue weighted by Crippen LogP contribution is -2.22. The number of nitrogens with one attached hydrogen (secondary N) is 1. The van der Waals surface area contributed by atoms with Crippen molar-refractivity contribution in [1.82, 2.24) is 19.6 Å². The number of hydrogen-bond donors (Lipinski definition) is 2. The van der Waals surface area contributed by atoms with Crippen molar-refractivity contribution in [1.29, 1.82) is 0 Å². The highest BCUT2D eigenvalue weighted by Crippen LogP contribution is 2.40. The number of para-hydroxylation sites is 1. The molecule has 1 unspecified atom stereocenters. The quantitative estimate of drug-likeness (QED) is 0.284. The van der Waals surface area contributed by atoms with Crippen LogP contribution in [0.15, 0.2) is 63.8 Å². The molecule has 1 aliphatic rings. The number of methoxy groups -OCH3 is 1. The highest BCUT2D eigenvalue weighted by Gasteiger charge is 2.39. The first kappa shape index (κ1) is 25.4. The van der Waals surface area contributed by atoms with Gasteiger partial charge in [-0.25, -0.2) is 9.97 Å². The summed E-state index contributed by atoms with van der Waals surface area (Å²) in [7, 11) is 1.45. The molecule has 0 radical (unpaired) electrons. The summed E-state index contributed by atoms with van der Waals surface area (Å²) in [6.45, 7) is 0. The fraction of sp³-hybridized carbons (Fsp3) is 0.214. The Labute approximate surface area is 223 Å². The van der Waals surface area contributed by atoms with Gasteiger partial charge in [0.1, 0.15) is 17.0 Å². The van der Waals surface area contributed by atoms with Gasteiger partial charge in [0.2, 0.25) is 5.89 Å². The number of nitrogens with zero attached hydrogens (tertiary/aromatic N) is 3. The summed E-state index contributed by atoms with van der Waals surface area (Å²) in [5.74, 6) is -1.33. The highest BCUT2D eigenvalue weighted by atomic mass is 19.4. The molecule has 2 aromatic carbocycles. The molecule has 0 fully saturated rings. The molecule has 204 valence electrons. The zero-order valence-corrected chi connectivity index (χ0v) is 21.0. The molecule has 5 aromatic rings. The topological polar surface area (TPSA) is 123 Å². The zero-order valence-electron chi connectivity index (χ0n) is 21.0. The number of carboxylic acid groups (broad SMARTS) is 1. The third-order valence-electron chi connectivity index (χ3n) is 7.01. The predicted molar refractivity (Wildman–Crippen MR) is 139 cm³/mol. The molecular formula is C28H21F3N4O5. The second kappa shape index (κ2) is 9.40. The van der Waals surface area contributed by atoms with E-state index in [2.05, 4.69) is 15.1 Å². The number of aromatic nitrogens is 4. The number of aliphatic carboxylic acids is 1. The number of halogens is 3. The van der Waals surface area contributed by atoms with E-state index in [-0.39, 0.29) is 53.2 Å². The number of ether oxygens (including phenoxy) is 1. The van der Waals surface area contributed by atoms with Crippen molar-refractivity contribution in [3.63, 3.8) is 0 Å². The lowest BCUT2D eigenvalue weighted by Gasteiger charge is -2.19. The van der Waals surface area contributed by atoms with Crippen LogP contribution in [0.4, 0.5) is 13.2 Å². The molecule has 1 aliphatic carbocycles. The molecule has 40 heavy (non-hydrogen) atoms. The summed E-state index contributed by atoms with van der Waals surface area (Å²) >= 11 is 0. The highest BCUT2D eigenvalue weighted by molar-refractivity contribution is 5.87. The van der Waals surface area contributed by atoms with Crippen LogP contribution in [0, 0.1) is 5.92 Å². The van der Waals surface area contributed by atoms with E-state index in [1.165, 1.54) is 19.2 Å². The van der Waals surface area contributed by atoms with E-state index in [9.17, 15) is 27.9 Å². The number of benzene rings is 2. The van der Waals surface area contributed by atoms with Crippen LogP contribution < -0.4 is 10.3 Å². The smallest absolute Gasteiger partial charge is 0.433 e. The number of carboxylic acids is 1. The summed E-state index contributed by atoms with van der Waals surface area (Å²) in [5.41, 5.74) is -1.17. The Kier molecular flexibility index (Phi) is 5.97. The Hall–Kier alpha value is -4.87. The summed E-state index contributed by atoms with van der Waals surface area (Å²) in [4.78, 5) is 34.6. The molecule has 0 saturated carbocycles.